The van der Waals surface area contributed by atoms with Gasteiger partial charge in [0.2, 0.25) is 0 Å². The third kappa shape index (κ3) is 7.92. The number of hydrogen-bond acceptors (Lipinski definition) is 6. The predicted octanol–water partition coefficient (Wildman–Crippen LogP) is 4.67. The Morgan fingerprint density at radius 1 is 0.974 bits per heavy atom. The number of phenolic OH excluding ortho intramolecular Hbond substituents is 1. The molecule has 1 aliphatic rings. The Morgan fingerprint density at radius 2 is 1.74 bits per heavy atom. The van der Waals surface area contributed by atoms with Gasteiger partial charge in [0.05, 0.1) is 24.2 Å². The molecule has 0 aliphatic carbocycles. The number of rotatable bonds is 10. The minimum atomic E-state index is -3.33. The molecule has 0 aromatic heterocycles. The molecule has 0 saturated carbocycles. The molecule has 0 unspecified atom stereocenters. The summed E-state index contributed by atoms with van der Waals surface area (Å²) in [4.78, 5) is 0. The number of methoxy groups -OCH3 is 1. The van der Waals surface area contributed by atoms with Gasteiger partial charge in [-0.25, -0.2) is 8.42 Å². The molecule has 3 aromatic rings. The number of hydrogen-bond donors (Lipinski definition) is 3. The molecule has 1 saturated heterocycles. The number of ether oxygens (including phenoxy) is 1. The molecule has 1 heterocycles. The van der Waals surface area contributed by atoms with Crippen molar-refractivity contribution in [1.82, 2.24) is 5.32 Å². The molecule has 0 spiro atoms. The van der Waals surface area contributed by atoms with Gasteiger partial charge in [0.25, 0.3) is 0 Å². The summed E-state index contributed by atoms with van der Waals surface area (Å²) in [6.07, 6.45) is 0.160. The van der Waals surface area contributed by atoms with Crippen LogP contribution in [-0.2, 0) is 40.6 Å². The lowest BCUT2D eigenvalue weighted by atomic mass is 9.89. The van der Waals surface area contributed by atoms with Crippen LogP contribution in [0.5, 0.6) is 5.75 Å². The average molecular weight is 552 g/mol. The summed E-state index contributed by atoms with van der Waals surface area (Å²) < 4.78 is 31.0. The van der Waals surface area contributed by atoms with Crippen molar-refractivity contribution in [3.63, 3.8) is 0 Å². The van der Waals surface area contributed by atoms with E-state index in [4.69, 9.17) is 4.74 Å². The third-order valence-electron chi connectivity index (χ3n) is 7.53. The smallest absolute Gasteiger partial charge is 0.152 e. The quantitative estimate of drug-likeness (QED) is 0.339. The van der Waals surface area contributed by atoms with Crippen LogP contribution in [-0.4, -0.2) is 49.4 Å². The monoisotopic (exact) mass is 551 g/mol. The standard InChI is InChI=1S/C32H41NO5S/c1-21(2)27-7-5-6-24(15-27)17-33-30-20-39(36,37)19-29(32(30)35)14-23-8-9-31(34)28(13-23)16-25-10-22(3)11-26(12-25)18-38-4/h5-13,15,21,29-30,32-35H,14,16-20H2,1-4H3/t29-,30+,32+/m1/s1. The van der Waals surface area contributed by atoms with E-state index in [1.165, 1.54) is 5.56 Å². The zero-order valence-electron chi connectivity index (χ0n) is 23.4. The van der Waals surface area contributed by atoms with Crippen molar-refractivity contribution in [3.05, 3.63) is 99.6 Å². The summed E-state index contributed by atoms with van der Waals surface area (Å²) in [6, 6.07) is 19.4. The van der Waals surface area contributed by atoms with Crippen molar-refractivity contribution in [2.45, 2.75) is 64.8 Å². The summed E-state index contributed by atoms with van der Waals surface area (Å²) in [6.45, 7) is 7.34. The van der Waals surface area contributed by atoms with E-state index in [2.05, 4.69) is 49.5 Å². The molecular weight excluding hydrogens is 510 g/mol. The van der Waals surface area contributed by atoms with Crippen molar-refractivity contribution in [2.75, 3.05) is 18.6 Å². The lowest BCUT2D eigenvalue weighted by Gasteiger charge is -2.35. The summed E-state index contributed by atoms with van der Waals surface area (Å²) in [7, 11) is -1.66. The Kier molecular flexibility index (Phi) is 9.49. The molecule has 3 aromatic carbocycles. The first-order chi connectivity index (χ1) is 18.5. The fraction of sp³-hybridized carbons (Fsp3) is 0.438. The van der Waals surface area contributed by atoms with Crippen molar-refractivity contribution < 1.29 is 23.4 Å². The van der Waals surface area contributed by atoms with Gasteiger partial charge < -0.3 is 20.3 Å². The van der Waals surface area contributed by atoms with Crippen LogP contribution in [0.25, 0.3) is 0 Å². The Morgan fingerprint density at radius 3 is 2.49 bits per heavy atom. The highest BCUT2D eigenvalue weighted by Crippen LogP contribution is 2.28. The van der Waals surface area contributed by atoms with E-state index in [1.54, 1.807) is 13.2 Å². The number of aryl methyl sites for hydroxylation is 1. The second kappa shape index (κ2) is 12.6. The average Bonchev–Trinajstić information content (AvgIpc) is 2.87. The van der Waals surface area contributed by atoms with Crippen LogP contribution in [0, 0.1) is 12.8 Å². The number of nitrogens with one attached hydrogen (secondary N) is 1. The number of sulfone groups is 1. The Hall–Kier alpha value is -2.71. The summed E-state index contributed by atoms with van der Waals surface area (Å²) >= 11 is 0. The van der Waals surface area contributed by atoms with E-state index >= 15 is 0 Å². The minimum absolute atomic E-state index is 0.0519. The number of aromatic hydroxyl groups is 1. The summed E-state index contributed by atoms with van der Waals surface area (Å²) in [5, 5.41) is 25.1. The van der Waals surface area contributed by atoms with E-state index in [9.17, 15) is 18.6 Å². The van der Waals surface area contributed by atoms with Crippen LogP contribution < -0.4 is 5.32 Å². The van der Waals surface area contributed by atoms with Gasteiger partial charge in [0.15, 0.2) is 9.84 Å². The molecule has 3 N–H and O–H groups in total. The Balaban J connectivity index is 1.48. The molecule has 0 radical (unpaired) electrons. The fourth-order valence-electron chi connectivity index (χ4n) is 5.59. The van der Waals surface area contributed by atoms with E-state index < -0.39 is 27.9 Å². The first-order valence-corrected chi connectivity index (χ1v) is 15.4. The highest BCUT2D eigenvalue weighted by atomic mass is 32.2. The topological polar surface area (TPSA) is 95.9 Å². The van der Waals surface area contributed by atoms with Gasteiger partial charge in [-0.2, -0.15) is 0 Å². The van der Waals surface area contributed by atoms with Crippen LogP contribution in [0.3, 0.4) is 0 Å². The van der Waals surface area contributed by atoms with Gasteiger partial charge in [-0.3, -0.25) is 0 Å². The Bertz CT molecular complexity index is 1390. The fourth-order valence-corrected chi connectivity index (χ4v) is 7.56. The van der Waals surface area contributed by atoms with Crippen molar-refractivity contribution in [1.29, 1.82) is 0 Å². The maximum Gasteiger partial charge on any atom is 0.152 e. The van der Waals surface area contributed by atoms with Gasteiger partial charge in [-0.1, -0.05) is 74.0 Å². The van der Waals surface area contributed by atoms with Crippen LogP contribution >= 0.6 is 0 Å². The van der Waals surface area contributed by atoms with Gasteiger partial charge in [0, 0.05) is 32.0 Å². The number of aliphatic hydroxyl groups is 1. The normalized spacial score (nSPS) is 20.8. The van der Waals surface area contributed by atoms with Crippen LogP contribution in [0.2, 0.25) is 0 Å². The lowest BCUT2D eigenvalue weighted by molar-refractivity contribution is 0.0781. The van der Waals surface area contributed by atoms with Crippen molar-refractivity contribution in [2.24, 2.45) is 5.92 Å². The van der Waals surface area contributed by atoms with Gasteiger partial charge in [-0.05, 0) is 58.7 Å². The SMILES string of the molecule is COCc1cc(C)cc(Cc2cc(C[C@@H]3CS(=O)(=O)C[C@H](NCc4cccc(C(C)C)c4)[C@H]3O)ccc2O)c1. The number of aliphatic hydroxyl groups excluding tert-OH is 1. The highest BCUT2D eigenvalue weighted by Gasteiger charge is 2.39. The molecule has 1 aliphatic heterocycles. The van der Waals surface area contributed by atoms with E-state index in [0.717, 1.165) is 33.4 Å². The van der Waals surface area contributed by atoms with E-state index in [1.807, 2.05) is 31.2 Å². The van der Waals surface area contributed by atoms with Crippen LogP contribution in [0.4, 0.5) is 0 Å². The Labute approximate surface area is 233 Å². The molecule has 6 nitrogen and oxygen atoms in total. The second-order valence-corrected chi connectivity index (χ2v) is 13.5. The zero-order chi connectivity index (χ0) is 28.2. The highest BCUT2D eigenvalue weighted by molar-refractivity contribution is 7.91. The molecular formula is C32H41NO5S. The number of phenols is 1. The summed E-state index contributed by atoms with van der Waals surface area (Å²) in [5.74, 6) is 0.0425. The third-order valence-corrected chi connectivity index (χ3v) is 9.33. The maximum atomic E-state index is 12.8. The zero-order valence-corrected chi connectivity index (χ0v) is 24.2. The molecule has 7 heteroatoms. The molecule has 4 rings (SSSR count). The molecule has 1 fully saturated rings. The molecule has 3 atom stereocenters. The minimum Gasteiger partial charge on any atom is -0.508 e. The lowest BCUT2D eigenvalue weighted by Crippen LogP contribution is -2.54. The molecule has 39 heavy (non-hydrogen) atoms. The van der Waals surface area contributed by atoms with Gasteiger partial charge in [-0.15, -0.1) is 0 Å². The van der Waals surface area contributed by atoms with Crippen LogP contribution in [0.1, 0.15) is 58.7 Å². The first kappa shape index (κ1) is 29.3. The first-order valence-electron chi connectivity index (χ1n) is 13.6. The van der Waals surface area contributed by atoms with Gasteiger partial charge >= 0.3 is 0 Å². The predicted molar refractivity (Wildman–Crippen MR) is 156 cm³/mol. The largest absolute Gasteiger partial charge is 0.508 e. The molecule has 0 bridgehead atoms. The second-order valence-electron chi connectivity index (χ2n) is 11.3. The van der Waals surface area contributed by atoms with Crippen molar-refractivity contribution >= 4 is 9.84 Å². The van der Waals surface area contributed by atoms with Gasteiger partial charge in [0.1, 0.15) is 5.75 Å². The maximum absolute atomic E-state index is 12.8. The molecule has 0 amide bonds. The van der Waals surface area contributed by atoms with Crippen LogP contribution in [0.15, 0.2) is 60.7 Å². The van der Waals surface area contributed by atoms with E-state index in [0.29, 0.717) is 31.9 Å². The summed E-state index contributed by atoms with van der Waals surface area (Å²) in [5.41, 5.74) is 7.24. The number of benzene rings is 3. The van der Waals surface area contributed by atoms with E-state index in [-0.39, 0.29) is 17.3 Å². The van der Waals surface area contributed by atoms with Crippen molar-refractivity contribution in [3.8, 4) is 5.75 Å². The molecule has 210 valence electrons.